The van der Waals surface area contributed by atoms with E-state index in [2.05, 4.69) is 5.32 Å². The Morgan fingerprint density at radius 1 is 0.844 bits per heavy atom. The van der Waals surface area contributed by atoms with E-state index in [1.165, 1.54) is 12.0 Å². The minimum atomic E-state index is -0.377. The molecular formula is C25H26N2O5. The lowest BCUT2D eigenvalue weighted by molar-refractivity contribution is 0.0827. The topological polar surface area (TPSA) is 77.1 Å². The molecule has 0 saturated heterocycles. The average molecular weight is 434 g/mol. The lowest BCUT2D eigenvalue weighted by atomic mass is 10.1. The highest BCUT2D eigenvalue weighted by molar-refractivity contribution is 6.07. The molecule has 0 aliphatic carbocycles. The number of methoxy groups -OCH3 is 1. The Kier molecular flexibility index (Phi) is 7.70. The van der Waals surface area contributed by atoms with E-state index in [4.69, 9.17) is 14.2 Å². The van der Waals surface area contributed by atoms with Gasteiger partial charge in [0.05, 0.1) is 18.4 Å². The fourth-order valence-electron chi connectivity index (χ4n) is 2.99. The van der Waals surface area contributed by atoms with Crippen molar-refractivity contribution in [3.63, 3.8) is 0 Å². The maximum absolute atomic E-state index is 13.0. The predicted molar refractivity (Wildman–Crippen MR) is 123 cm³/mol. The minimum absolute atomic E-state index is 0.176. The van der Waals surface area contributed by atoms with Gasteiger partial charge in [-0.15, -0.1) is 0 Å². The summed E-state index contributed by atoms with van der Waals surface area (Å²) in [4.78, 5) is 26.8. The molecule has 32 heavy (non-hydrogen) atoms. The lowest BCUT2D eigenvalue weighted by Crippen LogP contribution is -2.22. The minimum Gasteiger partial charge on any atom is -0.495 e. The molecule has 0 saturated carbocycles. The van der Waals surface area contributed by atoms with Crippen LogP contribution in [0.4, 0.5) is 5.69 Å². The number of carbonyl (C=O) groups excluding carboxylic acids is 2. The first-order valence-corrected chi connectivity index (χ1v) is 10.1. The quantitative estimate of drug-likeness (QED) is 0.513. The predicted octanol–water partition coefficient (Wildman–Crippen LogP) is 4.11. The number of para-hydroxylation sites is 2. The standard InChI is InChI=1S/C25H26N2O5/c1-27(2)25(29)18-13-14-23(30-3)21(17-18)26-24(28)20-11-7-8-12-22(20)32-16-15-31-19-9-5-4-6-10-19/h4-14,17H,15-16H2,1-3H3,(H,26,28). The van der Waals surface area contributed by atoms with Gasteiger partial charge >= 0.3 is 0 Å². The van der Waals surface area contributed by atoms with E-state index in [1.54, 1.807) is 56.6 Å². The SMILES string of the molecule is COc1ccc(C(=O)N(C)C)cc1NC(=O)c1ccccc1OCCOc1ccccc1. The Balaban J connectivity index is 1.70. The highest BCUT2D eigenvalue weighted by atomic mass is 16.5. The molecule has 166 valence electrons. The van der Waals surface area contributed by atoms with E-state index >= 15 is 0 Å². The van der Waals surface area contributed by atoms with Crippen molar-refractivity contribution in [2.24, 2.45) is 0 Å². The second kappa shape index (κ2) is 10.9. The first kappa shape index (κ1) is 22.7. The third-order valence-electron chi connectivity index (χ3n) is 4.59. The van der Waals surface area contributed by atoms with Crippen LogP contribution in [0.3, 0.4) is 0 Å². The molecule has 3 aromatic rings. The number of carbonyl (C=O) groups is 2. The van der Waals surface area contributed by atoms with Gasteiger partial charge in [0, 0.05) is 19.7 Å². The van der Waals surface area contributed by atoms with Crippen molar-refractivity contribution in [2.75, 3.05) is 39.7 Å². The van der Waals surface area contributed by atoms with Crippen molar-refractivity contribution < 1.29 is 23.8 Å². The maximum Gasteiger partial charge on any atom is 0.259 e. The van der Waals surface area contributed by atoms with Gasteiger partial charge in [-0.2, -0.15) is 0 Å². The monoisotopic (exact) mass is 434 g/mol. The largest absolute Gasteiger partial charge is 0.495 e. The van der Waals surface area contributed by atoms with Gasteiger partial charge in [-0.1, -0.05) is 30.3 Å². The van der Waals surface area contributed by atoms with Crippen molar-refractivity contribution in [3.05, 3.63) is 83.9 Å². The van der Waals surface area contributed by atoms with Crippen LogP contribution in [0.15, 0.2) is 72.8 Å². The molecular weight excluding hydrogens is 408 g/mol. The zero-order valence-electron chi connectivity index (χ0n) is 18.3. The molecule has 3 aromatic carbocycles. The van der Waals surface area contributed by atoms with Gasteiger partial charge in [0.1, 0.15) is 30.5 Å². The molecule has 7 heteroatoms. The van der Waals surface area contributed by atoms with Crippen molar-refractivity contribution >= 4 is 17.5 Å². The highest BCUT2D eigenvalue weighted by Gasteiger charge is 2.17. The summed E-state index contributed by atoms with van der Waals surface area (Å²) in [6, 6.07) is 21.3. The van der Waals surface area contributed by atoms with E-state index in [9.17, 15) is 9.59 Å². The Bertz CT molecular complexity index is 1070. The van der Waals surface area contributed by atoms with Crippen LogP contribution >= 0.6 is 0 Å². The number of hydrogen-bond acceptors (Lipinski definition) is 5. The zero-order valence-corrected chi connectivity index (χ0v) is 18.3. The van der Waals surface area contributed by atoms with E-state index in [0.29, 0.717) is 34.9 Å². The summed E-state index contributed by atoms with van der Waals surface area (Å²) in [6.07, 6.45) is 0. The van der Waals surface area contributed by atoms with E-state index in [0.717, 1.165) is 5.75 Å². The third kappa shape index (κ3) is 5.78. The molecule has 0 bridgehead atoms. The first-order chi connectivity index (χ1) is 15.5. The molecule has 0 aliphatic rings. The second-order valence-electron chi connectivity index (χ2n) is 7.07. The van der Waals surface area contributed by atoms with Crippen LogP contribution < -0.4 is 19.5 Å². The second-order valence-corrected chi connectivity index (χ2v) is 7.07. The molecule has 0 spiro atoms. The van der Waals surface area contributed by atoms with E-state index in [-0.39, 0.29) is 18.4 Å². The van der Waals surface area contributed by atoms with Gasteiger partial charge in [0.2, 0.25) is 0 Å². The summed E-state index contributed by atoms with van der Waals surface area (Å²) in [5.74, 6) is 1.08. The smallest absolute Gasteiger partial charge is 0.259 e. The summed E-state index contributed by atoms with van der Waals surface area (Å²) in [7, 11) is 4.84. The first-order valence-electron chi connectivity index (χ1n) is 10.1. The third-order valence-corrected chi connectivity index (χ3v) is 4.59. The van der Waals surface area contributed by atoms with Crippen LogP contribution in [0.5, 0.6) is 17.2 Å². The summed E-state index contributed by atoms with van der Waals surface area (Å²) in [5, 5.41) is 2.82. The molecule has 0 heterocycles. The van der Waals surface area contributed by atoms with Gasteiger partial charge in [0.15, 0.2) is 0 Å². The van der Waals surface area contributed by atoms with Gasteiger partial charge in [-0.3, -0.25) is 9.59 Å². The molecule has 7 nitrogen and oxygen atoms in total. The molecule has 0 radical (unpaired) electrons. The fraction of sp³-hybridized carbons (Fsp3) is 0.200. The van der Waals surface area contributed by atoms with Crippen LogP contribution in [-0.4, -0.2) is 51.1 Å². The Hall–Kier alpha value is -4.00. The van der Waals surface area contributed by atoms with E-state index < -0.39 is 0 Å². The van der Waals surface area contributed by atoms with Gasteiger partial charge < -0.3 is 24.4 Å². The Morgan fingerprint density at radius 3 is 2.25 bits per heavy atom. The molecule has 0 fully saturated rings. The Labute approximate surface area is 187 Å². The summed E-state index contributed by atoms with van der Waals surface area (Å²) in [5.41, 5.74) is 1.19. The van der Waals surface area contributed by atoms with Crippen LogP contribution in [0, 0.1) is 0 Å². The number of amides is 2. The van der Waals surface area contributed by atoms with Gasteiger partial charge in [-0.25, -0.2) is 0 Å². The Morgan fingerprint density at radius 2 is 1.53 bits per heavy atom. The molecule has 0 aromatic heterocycles. The number of benzene rings is 3. The number of nitrogens with zero attached hydrogens (tertiary/aromatic N) is 1. The van der Waals surface area contributed by atoms with Crippen molar-refractivity contribution in [3.8, 4) is 17.2 Å². The molecule has 3 rings (SSSR count). The number of rotatable bonds is 9. The molecule has 1 N–H and O–H groups in total. The summed E-state index contributed by atoms with van der Waals surface area (Å²) < 4.78 is 16.8. The van der Waals surface area contributed by atoms with Crippen molar-refractivity contribution in [1.29, 1.82) is 0 Å². The summed E-state index contributed by atoms with van der Waals surface area (Å²) in [6.45, 7) is 0.609. The van der Waals surface area contributed by atoms with Crippen LogP contribution in [0.25, 0.3) is 0 Å². The number of hydrogen-bond donors (Lipinski definition) is 1. The normalized spacial score (nSPS) is 10.2. The highest BCUT2D eigenvalue weighted by Crippen LogP contribution is 2.28. The van der Waals surface area contributed by atoms with Crippen molar-refractivity contribution in [1.82, 2.24) is 4.90 Å². The summed E-state index contributed by atoms with van der Waals surface area (Å²) >= 11 is 0. The van der Waals surface area contributed by atoms with Crippen LogP contribution in [0.2, 0.25) is 0 Å². The van der Waals surface area contributed by atoms with Gasteiger partial charge in [-0.05, 0) is 42.5 Å². The van der Waals surface area contributed by atoms with Gasteiger partial charge in [0.25, 0.3) is 11.8 Å². The molecule has 0 aliphatic heterocycles. The molecule has 0 atom stereocenters. The molecule has 0 unspecified atom stereocenters. The number of ether oxygens (including phenoxy) is 3. The van der Waals surface area contributed by atoms with Crippen LogP contribution in [-0.2, 0) is 0 Å². The lowest BCUT2D eigenvalue weighted by Gasteiger charge is -2.16. The van der Waals surface area contributed by atoms with E-state index in [1.807, 2.05) is 30.3 Å². The fourth-order valence-corrected chi connectivity index (χ4v) is 2.99. The maximum atomic E-state index is 13.0. The molecule has 2 amide bonds. The van der Waals surface area contributed by atoms with Crippen molar-refractivity contribution in [2.45, 2.75) is 0 Å². The number of nitrogens with one attached hydrogen (secondary N) is 1. The van der Waals surface area contributed by atoms with Crippen LogP contribution in [0.1, 0.15) is 20.7 Å². The zero-order chi connectivity index (χ0) is 22.9. The average Bonchev–Trinajstić information content (AvgIpc) is 2.82. The number of anilines is 1.